The summed E-state index contributed by atoms with van der Waals surface area (Å²) in [5.41, 5.74) is 7.84. The van der Waals surface area contributed by atoms with E-state index in [4.69, 9.17) is 5.73 Å². The summed E-state index contributed by atoms with van der Waals surface area (Å²) in [7, 11) is 0. The Morgan fingerprint density at radius 1 is 0.950 bits per heavy atom. The molecular weight excluding hydrogens is 330 g/mol. The van der Waals surface area contributed by atoms with Crippen LogP contribution in [0, 0.1) is 6.92 Å². The van der Waals surface area contributed by atoms with Crippen LogP contribution in [0.5, 0.6) is 0 Å². The third kappa shape index (κ3) is 4.02. The number of thiol groups is 1. The van der Waals surface area contributed by atoms with Gasteiger partial charge in [0.15, 0.2) is 0 Å². The van der Waals surface area contributed by atoms with Crippen molar-refractivity contribution in [3.05, 3.63) is 70.7 Å². The van der Waals surface area contributed by atoms with Crippen LogP contribution in [0.25, 0.3) is 10.8 Å². The molecule has 3 aromatic rings. The predicted molar refractivity (Wildman–Crippen MR) is 94.5 cm³/mol. The maximum absolute atomic E-state index is 5.76. The van der Waals surface area contributed by atoms with E-state index in [2.05, 4.69) is 46.8 Å². The molecule has 0 bridgehead atoms. The first kappa shape index (κ1) is 14.9. The molecule has 0 amide bonds. The lowest BCUT2D eigenvalue weighted by atomic mass is 10.1. The summed E-state index contributed by atoms with van der Waals surface area (Å²) in [6.45, 7) is 2.05. The molecule has 3 heteroatoms. The molecule has 20 heavy (non-hydrogen) atoms. The van der Waals surface area contributed by atoms with Gasteiger partial charge in [0.1, 0.15) is 0 Å². The van der Waals surface area contributed by atoms with Crippen molar-refractivity contribution in [2.24, 2.45) is 0 Å². The molecule has 0 saturated carbocycles. The molecule has 3 rings (SSSR count). The minimum absolute atomic E-state index is 0.850. The largest absolute Gasteiger partial charge is 0.398 e. The summed E-state index contributed by atoms with van der Waals surface area (Å²) in [6, 6.07) is 20.1. The highest BCUT2D eigenvalue weighted by Gasteiger charge is 1.92. The number of nitrogen functional groups attached to an aromatic ring is 1. The van der Waals surface area contributed by atoms with Crippen LogP contribution in [-0.4, -0.2) is 0 Å². The number of fused-ring (bicyclic) bond motifs is 1. The first-order valence-corrected chi connectivity index (χ1v) is 7.49. The predicted octanol–water partition coefficient (Wildman–Crippen LogP) is 5.47. The Kier molecular flexibility index (Phi) is 5.10. The smallest absolute Gasteiger partial charge is 0.0393 e. The van der Waals surface area contributed by atoms with Gasteiger partial charge in [-0.15, -0.1) is 12.6 Å². The fraction of sp³-hybridized carbons (Fsp3) is 0.0588. The molecule has 0 aliphatic heterocycles. The molecule has 3 aromatic carbocycles. The van der Waals surface area contributed by atoms with Crippen molar-refractivity contribution in [3.8, 4) is 0 Å². The lowest BCUT2D eigenvalue weighted by Crippen LogP contribution is -1.84. The zero-order valence-electron chi connectivity index (χ0n) is 11.2. The second-order valence-electron chi connectivity index (χ2n) is 4.56. The minimum Gasteiger partial charge on any atom is -0.398 e. The number of halogens is 1. The highest BCUT2D eigenvalue weighted by atomic mass is 79.9. The fourth-order valence-electron chi connectivity index (χ4n) is 1.97. The van der Waals surface area contributed by atoms with Crippen molar-refractivity contribution in [2.75, 3.05) is 5.73 Å². The van der Waals surface area contributed by atoms with Gasteiger partial charge >= 0.3 is 0 Å². The molecule has 0 aliphatic rings. The second kappa shape index (κ2) is 6.82. The van der Waals surface area contributed by atoms with Crippen LogP contribution in [-0.2, 0) is 0 Å². The SMILES string of the molecule is Cc1cc(S)cc(Br)c1.Nc1cccc2ccccc12. The minimum atomic E-state index is 0.850. The second-order valence-corrected chi connectivity index (χ2v) is 5.99. The third-order valence-electron chi connectivity index (χ3n) is 2.85. The van der Waals surface area contributed by atoms with E-state index in [1.165, 1.54) is 10.9 Å². The number of rotatable bonds is 0. The Hall–Kier alpha value is -1.45. The van der Waals surface area contributed by atoms with Gasteiger partial charge in [-0.05, 0) is 42.1 Å². The van der Waals surface area contributed by atoms with Crippen molar-refractivity contribution < 1.29 is 0 Å². The number of hydrogen-bond acceptors (Lipinski definition) is 2. The molecule has 0 fully saturated rings. The van der Waals surface area contributed by atoms with Gasteiger partial charge in [-0.25, -0.2) is 0 Å². The maximum atomic E-state index is 5.76. The third-order valence-corrected chi connectivity index (χ3v) is 3.57. The molecule has 102 valence electrons. The highest BCUT2D eigenvalue weighted by Crippen LogP contribution is 2.19. The summed E-state index contributed by atoms with van der Waals surface area (Å²) < 4.78 is 1.09. The summed E-state index contributed by atoms with van der Waals surface area (Å²) in [5.74, 6) is 0. The molecule has 0 saturated heterocycles. The normalized spacial score (nSPS) is 9.95. The van der Waals surface area contributed by atoms with Gasteiger partial charge in [-0.3, -0.25) is 0 Å². The molecule has 1 nitrogen and oxygen atoms in total. The summed E-state index contributed by atoms with van der Waals surface area (Å²) in [4.78, 5) is 1.00. The van der Waals surface area contributed by atoms with Crippen LogP contribution in [0.2, 0.25) is 0 Å². The van der Waals surface area contributed by atoms with Gasteiger partial charge in [0, 0.05) is 20.4 Å². The standard InChI is InChI=1S/C10H9N.C7H7BrS/c11-10-7-3-5-8-4-1-2-6-9(8)10;1-5-2-6(8)4-7(9)3-5/h1-7H,11H2;2-4,9H,1H3. The quantitative estimate of drug-likeness (QED) is 0.410. The molecule has 0 spiro atoms. The van der Waals surface area contributed by atoms with Gasteiger partial charge in [0.05, 0.1) is 0 Å². The summed E-state index contributed by atoms with van der Waals surface area (Å²) >= 11 is 7.56. The average Bonchev–Trinajstić information content (AvgIpc) is 2.38. The fourth-order valence-corrected chi connectivity index (χ4v) is 3.09. The Morgan fingerprint density at radius 2 is 1.65 bits per heavy atom. The molecule has 0 radical (unpaired) electrons. The number of anilines is 1. The van der Waals surface area contributed by atoms with Crippen LogP contribution >= 0.6 is 28.6 Å². The molecule has 0 aromatic heterocycles. The lowest BCUT2D eigenvalue weighted by molar-refractivity contribution is 1.35. The van der Waals surface area contributed by atoms with Crippen LogP contribution in [0.4, 0.5) is 5.69 Å². The van der Waals surface area contributed by atoms with E-state index in [0.717, 1.165) is 20.4 Å². The van der Waals surface area contributed by atoms with Gasteiger partial charge < -0.3 is 5.73 Å². The molecule has 0 unspecified atom stereocenters. The lowest BCUT2D eigenvalue weighted by Gasteiger charge is -1.98. The Labute approximate surface area is 133 Å². The van der Waals surface area contributed by atoms with E-state index in [1.807, 2.05) is 49.4 Å². The van der Waals surface area contributed by atoms with Crippen molar-refractivity contribution in [1.82, 2.24) is 0 Å². The van der Waals surface area contributed by atoms with E-state index in [1.54, 1.807) is 0 Å². The van der Waals surface area contributed by atoms with Crippen LogP contribution in [0.3, 0.4) is 0 Å². The number of hydrogen-bond donors (Lipinski definition) is 2. The maximum Gasteiger partial charge on any atom is 0.0393 e. The highest BCUT2D eigenvalue weighted by molar-refractivity contribution is 9.10. The topological polar surface area (TPSA) is 26.0 Å². The van der Waals surface area contributed by atoms with E-state index in [9.17, 15) is 0 Å². The first-order valence-electron chi connectivity index (χ1n) is 6.25. The summed E-state index contributed by atoms with van der Waals surface area (Å²) in [5, 5.41) is 2.34. The number of aryl methyl sites for hydroxylation is 1. The molecule has 2 N–H and O–H groups in total. The first-order chi connectivity index (χ1) is 9.56. The van der Waals surface area contributed by atoms with Crippen LogP contribution < -0.4 is 5.73 Å². The van der Waals surface area contributed by atoms with Crippen LogP contribution in [0.1, 0.15) is 5.56 Å². The monoisotopic (exact) mass is 345 g/mol. The summed E-state index contributed by atoms with van der Waals surface area (Å²) in [6.07, 6.45) is 0. The average molecular weight is 346 g/mol. The molecule has 0 heterocycles. The zero-order chi connectivity index (χ0) is 14.5. The van der Waals surface area contributed by atoms with Crippen LogP contribution in [0.15, 0.2) is 70.0 Å². The van der Waals surface area contributed by atoms with Gasteiger partial charge in [0.2, 0.25) is 0 Å². The van der Waals surface area contributed by atoms with Crippen molar-refractivity contribution in [1.29, 1.82) is 0 Å². The molecular formula is C17H16BrNS. The van der Waals surface area contributed by atoms with Gasteiger partial charge in [0.25, 0.3) is 0 Å². The number of nitrogens with two attached hydrogens (primary N) is 1. The van der Waals surface area contributed by atoms with E-state index < -0.39 is 0 Å². The Morgan fingerprint density at radius 3 is 2.30 bits per heavy atom. The van der Waals surface area contributed by atoms with Crippen molar-refractivity contribution in [3.63, 3.8) is 0 Å². The molecule has 0 aliphatic carbocycles. The zero-order valence-corrected chi connectivity index (χ0v) is 13.7. The van der Waals surface area contributed by atoms with Gasteiger partial charge in [-0.2, -0.15) is 0 Å². The van der Waals surface area contributed by atoms with E-state index in [-0.39, 0.29) is 0 Å². The Bertz CT molecular complexity index is 669. The molecule has 0 atom stereocenters. The van der Waals surface area contributed by atoms with Gasteiger partial charge in [-0.1, -0.05) is 52.3 Å². The van der Waals surface area contributed by atoms with Crippen molar-refractivity contribution in [2.45, 2.75) is 11.8 Å². The van der Waals surface area contributed by atoms with Crippen molar-refractivity contribution >= 4 is 45.0 Å². The Balaban J connectivity index is 0.000000151. The van der Waals surface area contributed by atoms with E-state index >= 15 is 0 Å². The number of benzene rings is 3. The van der Waals surface area contributed by atoms with E-state index in [0.29, 0.717) is 0 Å².